The van der Waals surface area contributed by atoms with Gasteiger partial charge in [-0.05, 0) is 6.42 Å². The van der Waals surface area contributed by atoms with Crippen molar-refractivity contribution in [2.24, 2.45) is 0 Å². The van der Waals surface area contributed by atoms with Crippen LogP contribution in [-0.4, -0.2) is 42.0 Å². The fourth-order valence-corrected chi connectivity index (χ4v) is 2.39. The van der Waals surface area contributed by atoms with Gasteiger partial charge in [-0.3, -0.25) is 4.18 Å². The Kier molecular flexibility index (Phi) is 6.34. The number of hydrogen-bond acceptors (Lipinski definition) is 5. The van der Waals surface area contributed by atoms with Crippen LogP contribution in [0.5, 0.6) is 0 Å². The third kappa shape index (κ3) is 10.1. The number of sulfonamides is 1. The van der Waals surface area contributed by atoms with E-state index in [1.165, 1.54) is 0 Å². The summed E-state index contributed by atoms with van der Waals surface area (Å²) in [4.78, 5) is 0. The van der Waals surface area contributed by atoms with E-state index in [0.29, 0.717) is 6.42 Å². The van der Waals surface area contributed by atoms with E-state index in [1.54, 1.807) is 0 Å². The quantitative estimate of drug-likeness (QED) is 0.477. The average Bonchev–Trinajstić information content (AvgIpc) is 2.08. The molecule has 0 spiro atoms. The Morgan fingerprint density at radius 2 is 1.80 bits per heavy atom. The van der Waals surface area contributed by atoms with Gasteiger partial charge in [-0.2, -0.15) is 8.42 Å². The van der Waals surface area contributed by atoms with Crippen molar-refractivity contribution in [3.8, 4) is 0 Å². The van der Waals surface area contributed by atoms with Gasteiger partial charge >= 0.3 is 0 Å². The molecule has 6 nitrogen and oxygen atoms in total. The number of rotatable bonds is 8. The summed E-state index contributed by atoms with van der Waals surface area (Å²) >= 11 is 0. The van der Waals surface area contributed by atoms with Gasteiger partial charge in [0.2, 0.25) is 10.0 Å². The van der Waals surface area contributed by atoms with Crippen LogP contribution in [0.4, 0.5) is 0 Å². The third-order valence-electron chi connectivity index (χ3n) is 1.49. The van der Waals surface area contributed by atoms with Gasteiger partial charge in [-0.25, -0.2) is 13.1 Å². The summed E-state index contributed by atoms with van der Waals surface area (Å²) in [6, 6.07) is 0. The first-order valence-electron chi connectivity index (χ1n) is 4.58. The minimum absolute atomic E-state index is 0.0287. The fraction of sp³-hybridized carbons (Fsp3) is 1.00. The van der Waals surface area contributed by atoms with Gasteiger partial charge in [0.05, 0.1) is 18.6 Å². The van der Waals surface area contributed by atoms with Crippen molar-refractivity contribution in [1.82, 2.24) is 4.72 Å². The maximum absolute atomic E-state index is 11.2. The molecule has 0 rings (SSSR count). The second kappa shape index (κ2) is 6.41. The van der Waals surface area contributed by atoms with Crippen LogP contribution < -0.4 is 4.72 Å². The number of unbranched alkanes of at least 4 members (excludes halogenated alkanes) is 1. The third-order valence-corrected chi connectivity index (χ3v) is 3.55. The van der Waals surface area contributed by atoms with Gasteiger partial charge in [0.15, 0.2) is 0 Å². The molecule has 0 aromatic heterocycles. The first kappa shape index (κ1) is 14.8. The van der Waals surface area contributed by atoms with E-state index in [1.807, 2.05) is 6.92 Å². The lowest BCUT2D eigenvalue weighted by molar-refractivity contribution is 0.326. The lowest BCUT2D eigenvalue weighted by Gasteiger charge is -2.05. The standard InChI is InChI=1S/C7H17NO5S2/c1-3-4-7-15(11,12)8-5-6-13-14(2,9)10/h8H,3-7H2,1-2H3. The molecule has 15 heavy (non-hydrogen) atoms. The average molecular weight is 259 g/mol. The Balaban J connectivity index is 3.76. The summed E-state index contributed by atoms with van der Waals surface area (Å²) < 4.78 is 50.1. The highest BCUT2D eigenvalue weighted by Gasteiger charge is 2.09. The maximum atomic E-state index is 11.2. The molecule has 0 radical (unpaired) electrons. The Bertz CT molecular complexity index is 359. The molecule has 0 saturated carbocycles. The molecule has 0 aliphatic heterocycles. The largest absolute Gasteiger partial charge is 0.269 e. The summed E-state index contributed by atoms with van der Waals surface area (Å²) in [5.41, 5.74) is 0. The van der Waals surface area contributed by atoms with E-state index in [4.69, 9.17) is 0 Å². The van der Waals surface area contributed by atoms with Crippen LogP contribution in [0.15, 0.2) is 0 Å². The van der Waals surface area contributed by atoms with Crippen LogP contribution >= 0.6 is 0 Å². The van der Waals surface area contributed by atoms with Crippen molar-refractivity contribution in [2.75, 3.05) is 25.2 Å². The lowest BCUT2D eigenvalue weighted by atomic mass is 10.4. The van der Waals surface area contributed by atoms with Crippen LogP contribution in [0.1, 0.15) is 19.8 Å². The molecule has 8 heteroatoms. The Hall–Kier alpha value is -0.180. The predicted octanol–water partition coefficient (Wildman–Crippen LogP) is -0.318. The summed E-state index contributed by atoms with van der Waals surface area (Å²) in [6.45, 7) is 1.69. The van der Waals surface area contributed by atoms with Gasteiger partial charge < -0.3 is 0 Å². The van der Waals surface area contributed by atoms with Gasteiger partial charge in [0, 0.05) is 6.54 Å². The molecule has 0 aromatic rings. The van der Waals surface area contributed by atoms with E-state index >= 15 is 0 Å². The zero-order valence-electron chi connectivity index (χ0n) is 8.89. The minimum atomic E-state index is -3.49. The molecule has 92 valence electrons. The number of nitrogens with one attached hydrogen (secondary N) is 1. The van der Waals surface area contributed by atoms with E-state index in [-0.39, 0.29) is 18.9 Å². The molecule has 1 N–H and O–H groups in total. The molecule has 0 fully saturated rings. The maximum Gasteiger partial charge on any atom is 0.264 e. The smallest absolute Gasteiger partial charge is 0.264 e. The molecule has 0 saturated heterocycles. The second-order valence-corrected chi connectivity index (χ2v) is 6.66. The Morgan fingerprint density at radius 3 is 2.27 bits per heavy atom. The highest BCUT2D eigenvalue weighted by atomic mass is 32.2. The van der Waals surface area contributed by atoms with Crippen LogP contribution in [0.25, 0.3) is 0 Å². The highest BCUT2D eigenvalue weighted by molar-refractivity contribution is 7.89. The molecule has 0 aromatic carbocycles. The lowest BCUT2D eigenvalue weighted by Crippen LogP contribution is -2.30. The van der Waals surface area contributed by atoms with Crippen molar-refractivity contribution < 1.29 is 21.0 Å². The molecule has 0 aliphatic carbocycles. The van der Waals surface area contributed by atoms with Crippen molar-refractivity contribution in [3.63, 3.8) is 0 Å². The summed E-state index contributed by atoms with van der Waals surface area (Å²) in [7, 11) is -6.78. The zero-order valence-corrected chi connectivity index (χ0v) is 10.5. The Morgan fingerprint density at radius 1 is 1.20 bits per heavy atom. The molecule has 0 bridgehead atoms. The Labute approximate surface area is 91.2 Å². The summed E-state index contributed by atoms with van der Waals surface area (Å²) in [6.07, 6.45) is 2.29. The van der Waals surface area contributed by atoms with E-state index in [2.05, 4.69) is 8.91 Å². The highest BCUT2D eigenvalue weighted by Crippen LogP contribution is 1.93. The van der Waals surface area contributed by atoms with Crippen molar-refractivity contribution in [3.05, 3.63) is 0 Å². The van der Waals surface area contributed by atoms with E-state index in [9.17, 15) is 16.8 Å². The SMILES string of the molecule is CCCCS(=O)(=O)NCCOS(C)(=O)=O. The van der Waals surface area contributed by atoms with Crippen molar-refractivity contribution in [2.45, 2.75) is 19.8 Å². The zero-order chi connectivity index (χ0) is 11.9. The normalized spacial score (nSPS) is 12.9. The minimum Gasteiger partial charge on any atom is -0.269 e. The van der Waals surface area contributed by atoms with Crippen LogP contribution in [0.3, 0.4) is 0 Å². The van der Waals surface area contributed by atoms with Gasteiger partial charge in [-0.15, -0.1) is 0 Å². The predicted molar refractivity (Wildman–Crippen MR) is 57.5 cm³/mol. The van der Waals surface area contributed by atoms with Crippen LogP contribution in [0.2, 0.25) is 0 Å². The molecular formula is C7H17NO5S2. The van der Waals surface area contributed by atoms with Gasteiger partial charge in [0.25, 0.3) is 10.1 Å². The number of hydrogen-bond donors (Lipinski definition) is 1. The van der Waals surface area contributed by atoms with E-state index < -0.39 is 20.1 Å². The fourth-order valence-electron chi connectivity index (χ4n) is 0.797. The van der Waals surface area contributed by atoms with Crippen molar-refractivity contribution >= 4 is 20.1 Å². The molecule has 0 amide bonds. The molecule has 0 unspecified atom stereocenters. The molecular weight excluding hydrogens is 242 g/mol. The molecule has 0 heterocycles. The van der Waals surface area contributed by atoms with Crippen molar-refractivity contribution in [1.29, 1.82) is 0 Å². The topological polar surface area (TPSA) is 89.5 Å². The monoisotopic (exact) mass is 259 g/mol. The first-order valence-corrected chi connectivity index (χ1v) is 8.05. The van der Waals surface area contributed by atoms with E-state index in [0.717, 1.165) is 12.7 Å². The van der Waals surface area contributed by atoms with Crippen LogP contribution in [0, 0.1) is 0 Å². The molecule has 0 atom stereocenters. The van der Waals surface area contributed by atoms with Gasteiger partial charge in [0.1, 0.15) is 0 Å². The molecule has 0 aliphatic rings. The first-order chi connectivity index (χ1) is 6.77. The second-order valence-electron chi connectivity index (χ2n) is 3.09. The summed E-state index contributed by atoms with van der Waals surface area (Å²) in [5, 5.41) is 0. The van der Waals surface area contributed by atoms with Crippen LogP contribution in [-0.2, 0) is 24.3 Å². The van der Waals surface area contributed by atoms with Gasteiger partial charge in [-0.1, -0.05) is 13.3 Å². The summed E-state index contributed by atoms with van der Waals surface area (Å²) in [5.74, 6) is 0.0579.